The number of nitrogens with one attached hydrogen (secondary N) is 2. The third-order valence-corrected chi connectivity index (χ3v) is 3.07. The van der Waals surface area contributed by atoms with Crippen molar-refractivity contribution in [3.8, 4) is 0 Å². The fraction of sp³-hybridized carbons (Fsp3) is 0.533. The second-order valence-corrected chi connectivity index (χ2v) is 5.30. The summed E-state index contributed by atoms with van der Waals surface area (Å²) in [6, 6.07) is 4.41. The maximum atomic E-state index is 12.9. The number of halogens is 3. The van der Waals surface area contributed by atoms with Crippen molar-refractivity contribution < 1.29 is 23.1 Å². The highest BCUT2D eigenvalue weighted by atomic mass is 19.4. The molecule has 22 heavy (non-hydrogen) atoms. The fourth-order valence-electron chi connectivity index (χ4n) is 2.03. The number of hydrogen-bond acceptors (Lipinski definition) is 2. The summed E-state index contributed by atoms with van der Waals surface area (Å²) in [6.45, 7) is 3.55. The molecule has 2 unspecified atom stereocenters. The number of rotatable bonds is 6. The van der Waals surface area contributed by atoms with E-state index in [0.717, 1.165) is 6.07 Å². The largest absolute Gasteiger partial charge is 0.416 e. The molecule has 1 aromatic rings. The van der Waals surface area contributed by atoms with Crippen molar-refractivity contribution in [3.63, 3.8) is 0 Å². The van der Waals surface area contributed by atoms with Crippen LogP contribution in [0.3, 0.4) is 0 Å². The number of amides is 2. The van der Waals surface area contributed by atoms with Gasteiger partial charge in [-0.05, 0) is 38.3 Å². The highest BCUT2D eigenvalue weighted by Gasteiger charge is 2.33. The topological polar surface area (TPSA) is 61.4 Å². The lowest BCUT2D eigenvalue weighted by Crippen LogP contribution is -2.42. The minimum atomic E-state index is -4.41. The molecule has 0 aliphatic heterocycles. The van der Waals surface area contributed by atoms with Gasteiger partial charge in [0.15, 0.2) is 0 Å². The van der Waals surface area contributed by atoms with Gasteiger partial charge in [0.05, 0.1) is 11.7 Å². The Morgan fingerprint density at radius 3 is 2.50 bits per heavy atom. The third-order valence-electron chi connectivity index (χ3n) is 3.07. The molecule has 3 N–H and O–H groups in total. The van der Waals surface area contributed by atoms with Crippen LogP contribution < -0.4 is 10.6 Å². The van der Waals surface area contributed by atoms with E-state index in [1.54, 1.807) is 19.9 Å². The number of urea groups is 1. The number of hydrogen-bond donors (Lipinski definition) is 3. The first-order chi connectivity index (χ1) is 10.2. The maximum absolute atomic E-state index is 12.9. The first kappa shape index (κ1) is 18.3. The molecule has 2 atom stereocenters. The Morgan fingerprint density at radius 2 is 1.91 bits per heavy atom. The van der Waals surface area contributed by atoms with Gasteiger partial charge in [-0.1, -0.05) is 18.2 Å². The van der Waals surface area contributed by atoms with Crippen molar-refractivity contribution >= 4 is 6.03 Å². The van der Waals surface area contributed by atoms with E-state index in [1.807, 2.05) is 0 Å². The van der Waals surface area contributed by atoms with Crippen molar-refractivity contribution in [1.29, 1.82) is 0 Å². The minimum Gasteiger partial charge on any atom is -0.393 e. The Morgan fingerprint density at radius 1 is 1.27 bits per heavy atom. The molecule has 4 nitrogen and oxygen atoms in total. The van der Waals surface area contributed by atoms with Gasteiger partial charge < -0.3 is 15.7 Å². The minimum absolute atomic E-state index is 0.0828. The molecule has 0 fully saturated rings. The van der Waals surface area contributed by atoms with Gasteiger partial charge in [-0.3, -0.25) is 0 Å². The molecule has 124 valence electrons. The summed E-state index contributed by atoms with van der Waals surface area (Å²) < 4.78 is 38.6. The molecule has 0 aliphatic carbocycles. The van der Waals surface area contributed by atoms with E-state index in [1.165, 1.54) is 12.1 Å². The molecule has 1 aromatic carbocycles. The van der Waals surface area contributed by atoms with E-state index >= 15 is 0 Å². The van der Waals surface area contributed by atoms with Gasteiger partial charge in [-0.15, -0.1) is 0 Å². The molecule has 2 amide bonds. The average Bonchev–Trinajstić information content (AvgIpc) is 2.37. The van der Waals surface area contributed by atoms with Gasteiger partial charge in [-0.2, -0.15) is 13.2 Å². The zero-order chi connectivity index (χ0) is 16.8. The molecular weight excluding hydrogens is 297 g/mol. The maximum Gasteiger partial charge on any atom is 0.416 e. The van der Waals surface area contributed by atoms with Crippen LogP contribution in [0.15, 0.2) is 24.3 Å². The SMILES string of the molecule is CC(O)CCNC(=O)NC(C)Cc1ccccc1C(F)(F)F. The number of carbonyl (C=O) groups is 1. The number of carbonyl (C=O) groups excluding carboxylic acids is 1. The second-order valence-electron chi connectivity index (χ2n) is 5.30. The lowest BCUT2D eigenvalue weighted by molar-refractivity contribution is -0.138. The normalized spacial score (nSPS) is 14.3. The quantitative estimate of drug-likeness (QED) is 0.755. The van der Waals surface area contributed by atoms with Crippen molar-refractivity contribution in [1.82, 2.24) is 10.6 Å². The number of aliphatic hydroxyl groups excluding tert-OH is 1. The molecule has 0 aromatic heterocycles. The smallest absolute Gasteiger partial charge is 0.393 e. The number of aliphatic hydroxyl groups is 1. The Balaban J connectivity index is 2.55. The Kier molecular flexibility index (Phi) is 6.67. The molecule has 0 saturated carbocycles. The highest BCUT2D eigenvalue weighted by molar-refractivity contribution is 5.74. The fourth-order valence-corrected chi connectivity index (χ4v) is 2.03. The lowest BCUT2D eigenvalue weighted by atomic mass is 10.0. The molecule has 0 spiro atoms. The lowest BCUT2D eigenvalue weighted by Gasteiger charge is -2.18. The van der Waals surface area contributed by atoms with Crippen LogP contribution in [-0.4, -0.2) is 29.8 Å². The summed E-state index contributed by atoms with van der Waals surface area (Å²) in [7, 11) is 0. The van der Waals surface area contributed by atoms with E-state index in [9.17, 15) is 18.0 Å². The summed E-state index contributed by atoms with van der Waals surface area (Å²) >= 11 is 0. The van der Waals surface area contributed by atoms with Crippen LogP contribution in [0.4, 0.5) is 18.0 Å². The average molecular weight is 318 g/mol. The first-order valence-electron chi connectivity index (χ1n) is 7.07. The van der Waals surface area contributed by atoms with Gasteiger partial charge >= 0.3 is 12.2 Å². The molecule has 0 aliphatic rings. The summed E-state index contributed by atoms with van der Waals surface area (Å²) in [6.07, 6.45) is -4.43. The van der Waals surface area contributed by atoms with Crippen LogP contribution in [0.5, 0.6) is 0 Å². The summed E-state index contributed by atoms with van der Waals surface area (Å²) in [5.41, 5.74) is -0.537. The van der Waals surface area contributed by atoms with E-state index < -0.39 is 29.9 Å². The standard InChI is InChI=1S/C15H21F3N2O2/c1-10(20-14(22)19-8-7-11(2)21)9-12-5-3-4-6-13(12)15(16,17)18/h3-6,10-11,21H,7-9H2,1-2H3,(H2,19,20,22). The summed E-state index contributed by atoms with van der Waals surface area (Å²) in [5, 5.41) is 14.2. The Labute approximate surface area is 127 Å². The van der Waals surface area contributed by atoms with Gasteiger partial charge in [-0.25, -0.2) is 4.79 Å². The molecule has 7 heteroatoms. The summed E-state index contributed by atoms with van der Waals surface area (Å²) in [4.78, 5) is 11.6. The Bertz CT molecular complexity index is 490. The van der Waals surface area contributed by atoms with Gasteiger partial charge in [0, 0.05) is 12.6 Å². The van der Waals surface area contributed by atoms with Crippen molar-refractivity contribution in [2.75, 3.05) is 6.54 Å². The molecule has 1 rings (SSSR count). The highest BCUT2D eigenvalue weighted by Crippen LogP contribution is 2.32. The number of benzene rings is 1. The predicted octanol–water partition coefficient (Wildman–Crippen LogP) is 2.71. The third kappa shape index (κ3) is 6.34. The molecule has 0 bridgehead atoms. The van der Waals surface area contributed by atoms with Gasteiger partial charge in [0.1, 0.15) is 0 Å². The molecule has 0 saturated heterocycles. The van der Waals surface area contributed by atoms with Gasteiger partial charge in [0.2, 0.25) is 0 Å². The van der Waals surface area contributed by atoms with Gasteiger partial charge in [0.25, 0.3) is 0 Å². The van der Waals surface area contributed by atoms with E-state index in [0.29, 0.717) is 13.0 Å². The zero-order valence-corrected chi connectivity index (χ0v) is 12.6. The van der Waals surface area contributed by atoms with E-state index in [-0.39, 0.29) is 12.0 Å². The van der Waals surface area contributed by atoms with Crippen LogP contribution in [0.25, 0.3) is 0 Å². The van der Waals surface area contributed by atoms with Crippen molar-refractivity contribution in [2.24, 2.45) is 0 Å². The Hall–Kier alpha value is -1.76. The predicted molar refractivity (Wildman–Crippen MR) is 77.4 cm³/mol. The van der Waals surface area contributed by atoms with Crippen LogP contribution in [0.2, 0.25) is 0 Å². The zero-order valence-electron chi connectivity index (χ0n) is 12.6. The van der Waals surface area contributed by atoms with Crippen LogP contribution in [0.1, 0.15) is 31.4 Å². The van der Waals surface area contributed by atoms with E-state index in [4.69, 9.17) is 5.11 Å². The van der Waals surface area contributed by atoms with Crippen molar-refractivity contribution in [2.45, 2.75) is 45.0 Å². The number of alkyl halides is 3. The van der Waals surface area contributed by atoms with Crippen molar-refractivity contribution in [3.05, 3.63) is 35.4 Å². The first-order valence-corrected chi connectivity index (χ1v) is 7.07. The van der Waals surface area contributed by atoms with Crippen LogP contribution in [0, 0.1) is 0 Å². The molecule has 0 heterocycles. The van der Waals surface area contributed by atoms with Crippen LogP contribution in [-0.2, 0) is 12.6 Å². The molecule has 0 radical (unpaired) electrons. The van der Waals surface area contributed by atoms with Crippen LogP contribution >= 0.6 is 0 Å². The monoisotopic (exact) mass is 318 g/mol. The molecular formula is C15H21F3N2O2. The van der Waals surface area contributed by atoms with E-state index in [2.05, 4.69) is 10.6 Å². The second kappa shape index (κ2) is 8.03. The summed E-state index contributed by atoms with van der Waals surface area (Å²) in [5.74, 6) is 0.